The molecule has 2 aliphatic rings. The van der Waals surface area contributed by atoms with Gasteiger partial charge in [0.2, 0.25) is 11.8 Å². The van der Waals surface area contributed by atoms with E-state index < -0.39 is 0 Å². The molecule has 0 aromatic heterocycles. The molecule has 1 aromatic rings. The van der Waals surface area contributed by atoms with Gasteiger partial charge in [-0.2, -0.15) is 0 Å². The highest BCUT2D eigenvalue weighted by Gasteiger charge is 2.31. The first kappa shape index (κ1) is 19.8. The fourth-order valence-corrected chi connectivity index (χ4v) is 4.01. The van der Waals surface area contributed by atoms with Gasteiger partial charge in [-0.05, 0) is 43.9 Å². The number of nitrogens with two attached hydrogens (primary N) is 1. The third-order valence-corrected chi connectivity index (χ3v) is 5.84. The second-order valence-corrected chi connectivity index (χ2v) is 7.65. The van der Waals surface area contributed by atoms with Crippen LogP contribution in [0, 0.1) is 11.7 Å². The van der Waals surface area contributed by atoms with Gasteiger partial charge < -0.3 is 16.0 Å². The zero-order chi connectivity index (χ0) is 19.4. The second-order valence-electron chi connectivity index (χ2n) is 7.65. The van der Waals surface area contributed by atoms with E-state index in [0.29, 0.717) is 44.2 Å². The van der Waals surface area contributed by atoms with Crippen LogP contribution < -0.4 is 11.1 Å². The van der Waals surface area contributed by atoms with Crippen molar-refractivity contribution in [3.05, 3.63) is 30.1 Å². The van der Waals surface area contributed by atoms with Gasteiger partial charge in [-0.25, -0.2) is 4.39 Å². The third-order valence-electron chi connectivity index (χ3n) is 5.84. The van der Waals surface area contributed by atoms with E-state index in [0.717, 1.165) is 19.3 Å². The van der Waals surface area contributed by atoms with Crippen molar-refractivity contribution in [3.8, 4) is 0 Å². The van der Waals surface area contributed by atoms with Crippen molar-refractivity contribution in [3.63, 3.8) is 0 Å². The number of rotatable bonds is 5. The van der Waals surface area contributed by atoms with Gasteiger partial charge >= 0.3 is 0 Å². The molecule has 2 amide bonds. The smallest absolute Gasteiger partial charge is 0.241 e. The highest BCUT2D eigenvalue weighted by atomic mass is 19.1. The van der Waals surface area contributed by atoms with Crippen molar-refractivity contribution in [1.29, 1.82) is 0 Å². The number of halogens is 1. The predicted octanol–water partition coefficient (Wildman–Crippen LogP) is 1.81. The van der Waals surface area contributed by atoms with Gasteiger partial charge in [-0.15, -0.1) is 0 Å². The standard InChI is InChI=1S/C20H29FN4O2/c1-14(20(27)23-17-6-3-5-16(21)13-17)24-8-10-25(11-9-24)19(26)12-15-4-2-7-18(15)22/h3,5-6,13-15,18H,2,4,7-12,22H2,1H3,(H,23,27)/t14?,15-,18+/m0/s1. The Hall–Kier alpha value is -1.99. The molecule has 3 N–H and O–H groups in total. The van der Waals surface area contributed by atoms with Crippen molar-refractivity contribution in [2.45, 2.75) is 44.7 Å². The zero-order valence-electron chi connectivity index (χ0n) is 15.9. The van der Waals surface area contributed by atoms with Crippen molar-refractivity contribution >= 4 is 17.5 Å². The maximum Gasteiger partial charge on any atom is 0.241 e. The SMILES string of the molecule is CC(C(=O)Nc1cccc(F)c1)N1CCN(C(=O)C[C@@H]2CCC[C@H]2N)CC1. The molecular formula is C20H29FN4O2. The fraction of sp³-hybridized carbons (Fsp3) is 0.600. The molecule has 1 saturated carbocycles. The van der Waals surface area contributed by atoms with Gasteiger partial charge in [0.05, 0.1) is 6.04 Å². The van der Waals surface area contributed by atoms with Crippen LogP contribution >= 0.6 is 0 Å². The van der Waals surface area contributed by atoms with Crippen LogP contribution in [0.4, 0.5) is 10.1 Å². The number of carbonyl (C=O) groups is 2. The van der Waals surface area contributed by atoms with Crippen molar-refractivity contribution < 1.29 is 14.0 Å². The molecule has 0 radical (unpaired) electrons. The minimum atomic E-state index is -0.380. The first-order chi connectivity index (χ1) is 12.9. The maximum atomic E-state index is 13.3. The molecule has 148 valence electrons. The summed E-state index contributed by atoms with van der Waals surface area (Å²) >= 11 is 0. The summed E-state index contributed by atoms with van der Waals surface area (Å²) in [6, 6.07) is 5.69. The summed E-state index contributed by atoms with van der Waals surface area (Å²) in [7, 11) is 0. The number of benzene rings is 1. The lowest BCUT2D eigenvalue weighted by molar-refractivity contribution is -0.134. The fourth-order valence-electron chi connectivity index (χ4n) is 4.01. The van der Waals surface area contributed by atoms with Gasteiger partial charge in [-0.1, -0.05) is 12.5 Å². The number of nitrogens with zero attached hydrogens (tertiary/aromatic N) is 2. The van der Waals surface area contributed by atoms with Crippen molar-refractivity contribution in [2.75, 3.05) is 31.5 Å². The summed E-state index contributed by atoms with van der Waals surface area (Å²) in [5, 5.41) is 2.75. The Balaban J connectivity index is 1.46. The molecule has 27 heavy (non-hydrogen) atoms. The van der Waals surface area contributed by atoms with Crippen molar-refractivity contribution in [2.24, 2.45) is 11.7 Å². The molecule has 1 aromatic carbocycles. The number of piperazine rings is 1. The van der Waals surface area contributed by atoms with Crippen LogP contribution in [-0.4, -0.2) is 59.9 Å². The largest absolute Gasteiger partial charge is 0.340 e. The van der Waals surface area contributed by atoms with Gasteiger partial charge in [0.1, 0.15) is 5.82 Å². The van der Waals surface area contributed by atoms with Gasteiger partial charge in [0, 0.05) is 44.3 Å². The highest BCUT2D eigenvalue weighted by molar-refractivity contribution is 5.94. The Morgan fingerprint density at radius 1 is 1.26 bits per heavy atom. The minimum Gasteiger partial charge on any atom is -0.340 e. The average Bonchev–Trinajstić information content (AvgIpc) is 3.06. The Morgan fingerprint density at radius 2 is 2.00 bits per heavy atom. The highest BCUT2D eigenvalue weighted by Crippen LogP contribution is 2.27. The Morgan fingerprint density at radius 3 is 2.63 bits per heavy atom. The number of nitrogens with one attached hydrogen (secondary N) is 1. The van der Waals surface area contributed by atoms with E-state index in [-0.39, 0.29) is 29.7 Å². The second kappa shape index (κ2) is 8.80. The molecule has 1 unspecified atom stereocenters. The first-order valence-corrected chi connectivity index (χ1v) is 9.78. The van der Waals surface area contributed by atoms with E-state index in [4.69, 9.17) is 5.73 Å². The van der Waals surface area contributed by atoms with E-state index in [9.17, 15) is 14.0 Å². The summed E-state index contributed by atoms with van der Waals surface area (Å²) in [5.41, 5.74) is 6.53. The van der Waals surface area contributed by atoms with E-state index in [2.05, 4.69) is 10.2 Å². The van der Waals surface area contributed by atoms with Crippen LogP contribution in [0.3, 0.4) is 0 Å². The lowest BCUT2D eigenvalue weighted by Crippen LogP contribution is -2.54. The molecule has 3 rings (SSSR count). The van der Waals surface area contributed by atoms with E-state index in [1.165, 1.54) is 12.1 Å². The number of hydrogen-bond donors (Lipinski definition) is 2. The van der Waals surface area contributed by atoms with E-state index in [1.54, 1.807) is 12.1 Å². The molecule has 0 bridgehead atoms. The lowest BCUT2D eigenvalue weighted by Gasteiger charge is -2.38. The monoisotopic (exact) mass is 376 g/mol. The van der Waals surface area contributed by atoms with Crippen molar-refractivity contribution in [1.82, 2.24) is 9.80 Å². The van der Waals surface area contributed by atoms with Crippen LogP contribution in [0.15, 0.2) is 24.3 Å². The molecule has 7 heteroatoms. The van der Waals surface area contributed by atoms with Crippen LogP contribution in [0.5, 0.6) is 0 Å². The molecule has 6 nitrogen and oxygen atoms in total. The Kier molecular flexibility index (Phi) is 6.44. The third kappa shape index (κ3) is 5.05. The molecule has 3 atom stereocenters. The Bertz CT molecular complexity index is 676. The van der Waals surface area contributed by atoms with Gasteiger partial charge in [0.25, 0.3) is 0 Å². The summed E-state index contributed by atoms with van der Waals surface area (Å²) < 4.78 is 13.3. The van der Waals surface area contributed by atoms with Crippen LogP contribution in [0.1, 0.15) is 32.6 Å². The van der Waals surface area contributed by atoms with Gasteiger partial charge in [0.15, 0.2) is 0 Å². The molecule has 2 fully saturated rings. The molecule has 1 aliphatic heterocycles. The molecule has 0 spiro atoms. The van der Waals surface area contributed by atoms with Crippen LogP contribution in [-0.2, 0) is 9.59 Å². The van der Waals surface area contributed by atoms with Gasteiger partial charge in [-0.3, -0.25) is 14.5 Å². The minimum absolute atomic E-state index is 0.154. The number of anilines is 1. The summed E-state index contributed by atoms with van der Waals surface area (Å²) in [6.07, 6.45) is 3.72. The molecular weight excluding hydrogens is 347 g/mol. The first-order valence-electron chi connectivity index (χ1n) is 9.78. The molecule has 1 aliphatic carbocycles. The van der Waals surface area contributed by atoms with Crippen LogP contribution in [0.25, 0.3) is 0 Å². The summed E-state index contributed by atoms with van der Waals surface area (Å²) in [6.45, 7) is 4.39. The zero-order valence-corrected chi connectivity index (χ0v) is 15.9. The maximum absolute atomic E-state index is 13.3. The normalized spacial score (nSPS) is 24.6. The Labute approximate surface area is 159 Å². The summed E-state index contributed by atoms with van der Waals surface area (Å²) in [4.78, 5) is 28.9. The predicted molar refractivity (Wildman–Crippen MR) is 103 cm³/mol. The number of hydrogen-bond acceptors (Lipinski definition) is 4. The quantitative estimate of drug-likeness (QED) is 0.822. The van der Waals surface area contributed by atoms with E-state index in [1.807, 2.05) is 11.8 Å². The number of amides is 2. The molecule has 1 saturated heterocycles. The average molecular weight is 376 g/mol. The van der Waals surface area contributed by atoms with Crippen LogP contribution in [0.2, 0.25) is 0 Å². The van der Waals surface area contributed by atoms with E-state index >= 15 is 0 Å². The number of carbonyl (C=O) groups excluding carboxylic acids is 2. The lowest BCUT2D eigenvalue weighted by atomic mass is 9.99. The topological polar surface area (TPSA) is 78.7 Å². The molecule has 1 heterocycles. The summed E-state index contributed by atoms with van der Waals surface area (Å²) in [5.74, 6) is -0.0627.